The molecule has 5 aromatic rings. The summed E-state index contributed by atoms with van der Waals surface area (Å²) in [6.07, 6.45) is 3.99. The Morgan fingerprint density at radius 2 is 1.31 bits per heavy atom. The molecule has 0 amide bonds. The minimum Gasteiger partial charge on any atom is -0.309 e. The van der Waals surface area contributed by atoms with E-state index in [-0.39, 0.29) is 0 Å². The van der Waals surface area contributed by atoms with Gasteiger partial charge in [-0.05, 0) is 52.9 Å². The Morgan fingerprint density at radius 1 is 0.688 bits per heavy atom. The number of hydrogen-bond donors (Lipinski definition) is 0. The van der Waals surface area contributed by atoms with Crippen molar-refractivity contribution in [3.05, 3.63) is 139 Å². The molecule has 5 aromatic carbocycles. The van der Waals surface area contributed by atoms with Gasteiger partial charge in [0.1, 0.15) is 0 Å². The summed E-state index contributed by atoms with van der Waals surface area (Å²) in [6.45, 7) is 6.20. The highest BCUT2D eigenvalue weighted by atomic mass is 15.2. The van der Waals surface area contributed by atoms with Gasteiger partial charge in [0.25, 0.3) is 0 Å². The third kappa shape index (κ3) is 3.48. The fourth-order valence-electron chi connectivity index (χ4n) is 4.46. The molecule has 0 aromatic heterocycles. The number of hydrogen-bond acceptors (Lipinski definition) is 1. The Kier molecular flexibility index (Phi) is 5.31. The van der Waals surface area contributed by atoms with Crippen LogP contribution in [0.3, 0.4) is 0 Å². The number of nitrogens with zero attached hydrogens (tertiary/aromatic N) is 1. The number of benzene rings is 5. The van der Waals surface area contributed by atoms with Crippen molar-refractivity contribution in [2.45, 2.75) is 6.92 Å². The molecule has 1 heteroatoms. The first-order valence-electron chi connectivity index (χ1n) is 10.9. The molecule has 0 unspecified atom stereocenters. The summed E-state index contributed by atoms with van der Waals surface area (Å²) in [6, 6.07) is 38.7. The third-order valence-corrected chi connectivity index (χ3v) is 5.94. The van der Waals surface area contributed by atoms with Crippen molar-refractivity contribution in [1.82, 2.24) is 0 Å². The molecule has 1 nitrogen and oxygen atoms in total. The molecular formula is C31H25N. The molecule has 0 heterocycles. The Labute approximate surface area is 189 Å². The maximum atomic E-state index is 4.03. The van der Waals surface area contributed by atoms with Crippen LogP contribution >= 0.6 is 0 Å². The molecule has 32 heavy (non-hydrogen) atoms. The van der Waals surface area contributed by atoms with E-state index in [1.54, 1.807) is 0 Å². The Morgan fingerprint density at radius 3 is 2.06 bits per heavy atom. The third-order valence-electron chi connectivity index (χ3n) is 5.94. The van der Waals surface area contributed by atoms with Gasteiger partial charge < -0.3 is 4.90 Å². The number of aryl methyl sites for hydroxylation is 1. The summed E-state index contributed by atoms with van der Waals surface area (Å²) >= 11 is 0. The van der Waals surface area contributed by atoms with Crippen molar-refractivity contribution in [3.63, 3.8) is 0 Å². The van der Waals surface area contributed by atoms with E-state index in [0.29, 0.717) is 0 Å². The van der Waals surface area contributed by atoms with Crippen molar-refractivity contribution in [2.24, 2.45) is 0 Å². The maximum Gasteiger partial charge on any atom is 0.0546 e. The fourth-order valence-corrected chi connectivity index (χ4v) is 4.46. The van der Waals surface area contributed by atoms with Crippen LogP contribution in [0.25, 0.3) is 27.2 Å². The molecule has 5 rings (SSSR count). The fraction of sp³-hybridized carbons (Fsp3) is 0.0323. The quantitative estimate of drug-likeness (QED) is 0.206. The molecule has 0 saturated carbocycles. The lowest BCUT2D eigenvalue weighted by Gasteiger charge is -2.30. The summed E-state index contributed by atoms with van der Waals surface area (Å²) in [5.41, 5.74) is 5.79. The predicted octanol–water partition coefficient (Wildman–Crippen LogP) is 8.67. The van der Waals surface area contributed by atoms with Gasteiger partial charge in [-0.2, -0.15) is 0 Å². The van der Waals surface area contributed by atoms with Crippen molar-refractivity contribution >= 4 is 38.6 Å². The van der Waals surface area contributed by atoms with Gasteiger partial charge in [0, 0.05) is 16.6 Å². The molecule has 0 N–H and O–H groups in total. The molecule has 0 aliphatic carbocycles. The second kappa shape index (κ2) is 8.56. The molecule has 154 valence electrons. The predicted molar refractivity (Wildman–Crippen MR) is 139 cm³/mol. The SMILES string of the molecule is C=C/C=C(\c1ccccc1C)N(c1ccccc1)c1cc2ccccc2c2ccccc12. The molecule has 0 aliphatic heterocycles. The van der Waals surface area contributed by atoms with E-state index < -0.39 is 0 Å². The Balaban J connectivity index is 1.88. The van der Waals surface area contributed by atoms with Crippen LogP contribution in [0.1, 0.15) is 11.1 Å². The monoisotopic (exact) mass is 411 g/mol. The van der Waals surface area contributed by atoms with Gasteiger partial charge in [0.15, 0.2) is 0 Å². The average molecular weight is 412 g/mol. The summed E-state index contributed by atoms with van der Waals surface area (Å²) < 4.78 is 0. The topological polar surface area (TPSA) is 3.24 Å². The number of rotatable bonds is 5. The van der Waals surface area contributed by atoms with E-state index in [9.17, 15) is 0 Å². The molecule has 0 fully saturated rings. The van der Waals surface area contributed by atoms with Gasteiger partial charge in [-0.25, -0.2) is 0 Å². The zero-order valence-electron chi connectivity index (χ0n) is 18.2. The zero-order chi connectivity index (χ0) is 21.9. The summed E-state index contributed by atoms with van der Waals surface area (Å²) in [4.78, 5) is 2.36. The maximum absolute atomic E-state index is 4.03. The van der Waals surface area contributed by atoms with E-state index in [2.05, 4.69) is 134 Å². The van der Waals surface area contributed by atoms with Crippen LogP contribution in [-0.4, -0.2) is 0 Å². The number of allylic oxidation sites excluding steroid dienone is 2. The van der Waals surface area contributed by atoms with Crippen LogP contribution in [-0.2, 0) is 0 Å². The number of para-hydroxylation sites is 1. The van der Waals surface area contributed by atoms with Crippen molar-refractivity contribution in [1.29, 1.82) is 0 Å². The highest BCUT2D eigenvalue weighted by Crippen LogP contribution is 2.42. The standard InChI is InChI=1S/C31H25N/c1-3-13-30(26-18-9-7-14-23(26)2)32(25-16-5-4-6-17-25)31-22-24-15-8-10-19-27(24)28-20-11-12-21-29(28)31/h3-22H,1H2,2H3/b30-13+. The molecule has 0 bridgehead atoms. The van der Waals surface area contributed by atoms with Crippen molar-refractivity contribution in [3.8, 4) is 0 Å². The minimum atomic E-state index is 1.10. The second-order valence-electron chi connectivity index (χ2n) is 7.94. The van der Waals surface area contributed by atoms with Crippen LogP contribution < -0.4 is 4.90 Å². The van der Waals surface area contributed by atoms with Crippen LogP contribution in [0.2, 0.25) is 0 Å². The highest BCUT2D eigenvalue weighted by molar-refractivity contribution is 6.15. The van der Waals surface area contributed by atoms with Crippen molar-refractivity contribution in [2.75, 3.05) is 4.90 Å². The van der Waals surface area contributed by atoms with E-state index in [1.165, 1.54) is 32.7 Å². The van der Waals surface area contributed by atoms with E-state index in [4.69, 9.17) is 0 Å². The van der Waals surface area contributed by atoms with E-state index >= 15 is 0 Å². The highest BCUT2D eigenvalue weighted by Gasteiger charge is 2.20. The lowest BCUT2D eigenvalue weighted by Crippen LogP contribution is -2.16. The van der Waals surface area contributed by atoms with Gasteiger partial charge in [-0.1, -0.05) is 104 Å². The zero-order valence-corrected chi connectivity index (χ0v) is 18.2. The first-order valence-corrected chi connectivity index (χ1v) is 10.9. The lowest BCUT2D eigenvalue weighted by molar-refractivity contribution is 1.28. The first kappa shape index (κ1) is 19.8. The minimum absolute atomic E-state index is 1.10. The average Bonchev–Trinajstić information content (AvgIpc) is 2.85. The van der Waals surface area contributed by atoms with Gasteiger partial charge in [-0.15, -0.1) is 0 Å². The largest absolute Gasteiger partial charge is 0.309 e. The van der Waals surface area contributed by atoms with Crippen LogP contribution in [0.4, 0.5) is 11.4 Å². The summed E-state index contributed by atoms with van der Waals surface area (Å²) in [7, 11) is 0. The van der Waals surface area contributed by atoms with E-state index in [0.717, 1.165) is 17.1 Å². The Hall–Kier alpha value is -4.10. The molecular weight excluding hydrogens is 386 g/mol. The van der Waals surface area contributed by atoms with Gasteiger partial charge in [0.2, 0.25) is 0 Å². The van der Waals surface area contributed by atoms with Crippen LogP contribution in [0.5, 0.6) is 0 Å². The molecule has 0 aliphatic rings. The van der Waals surface area contributed by atoms with E-state index in [1.807, 2.05) is 6.08 Å². The summed E-state index contributed by atoms with van der Waals surface area (Å²) in [5, 5.41) is 4.97. The second-order valence-corrected chi connectivity index (χ2v) is 7.94. The molecule has 0 atom stereocenters. The number of fused-ring (bicyclic) bond motifs is 3. The van der Waals surface area contributed by atoms with Gasteiger partial charge in [0.05, 0.1) is 11.4 Å². The number of anilines is 2. The Bertz CT molecular complexity index is 1440. The molecule has 0 saturated heterocycles. The summed E-state index contributed by atoms with van der Waals surface area (Å²) in [5.74, 6) is 0. The molecule has 0 radical (unpaired) electrons. The first-order chi connectivity index (χ1) is 15.8. The van der Waals surface area contributed by atoms with Crippen LogP contribution in [0.15, 0.2) is 128 Å². The normalized spacial score (nSPS) is 11.6. The van der Waals surface area contributed by atoms with Crippen LogP contribution in [0, 0.1) is 6.92 Å². The lowest BCUT2D eigenvalue weighted by atomic mass is 9.97. The smallest absolute Gasteiger partial charge is 0.0546 e. The van der Waals surface area contributed by atoms with Gasteiger partial charge >= 0.3 is 0 Å². The molecule has 0 spiro atoms. The van der Waals surface area contributed by atoms with Gasteiger partial charge in [-0.3, -0.25) is 0 Å². The van der Waals surface area contributed by atoms with Crippen molar-refractivity contribution < 1.29 is 0 Å².